The molecule has 0 aliphatic carbocycles. The number of nitrogens with zero attached hydrogens (tertiary/aromatic N) is 5. The van der Waals surface area contributed by atoms with Gasteiger partial charge in [0.2, 0.25) is 0 Å². The maximum Gasteiger partial charge on any atom is 0.159 e. The van der Waals surface area contributed by atoms with E-state index in [1.807, 2.05) is 23.8 Å². The molecule has 4 heterocycles. The van der Waals surface area contributed by atoms with Crippen LogP contribution < -0.4 is 0 Å². The van der Waals surface area contributed by atoms with E-state index in [4.69, 9.17) is 4.98 Å². The summed E-state index contributed by atoms with van der Waals surface area (Å²) in [5, 5.41) is 11.8. The first-order valence-electron chi connectivity index (χ1n) is 8.26. The van der Waals surface area contributed by atoms with Gasteiger partial charge in [0.15, 0.2) is 5.65 Å². The van der Waals surface area contributed by atoms with Crippen molar-refractivity contribution in [1.82, 2.24) is 29.7 Å². The summed E-state index contributed by atoms with van der Waals surface area (Å²) in [6.07, 6.45) is 7.49. The third kappa shape index (κ3) is 2.63. The van der Waals surface area contributed by atoms with Crippen molar-refractivity contribution in [1.29, 1.82) is 0 Å². The van der Waals surface area contributed by atoms with E-state index in [0.29, 0.717) is 6.04 Å². The number of aryl methyl sites for hydroxylation is 2. The highest BCUT2D eigenvalue weighted by Crippen LogP contribution is 2.31. The number of hydrogen-bond donors (Lipinski definition) is 1. The predicted molar refractivity (Wildman–Crippen MR) is 88.1 cm³/mol. The van der Waals surface area contributed by atoms with Crippen LogP contribution in [-0.4, -0.2) is 36.2 Å². The molecule has 0 radical (unpaired) electrons. The van der Waals surface area contributed by atoms with E-state index < -0.39 is 0 Å². The van der Waals surface area contributed by atoms with Gasteiger partial charge in [0.1, 0.15) is 0 Å². The molecule has 0 saturated carbocycles. The van der Waals surface area contributed by atoms with E-state index in [-0.39, 0.29) is 0 Å². The predicted octanol–water partition coefficient (Wildman–Crippen LogP) is 2.80. The SMILES string of the molecule is Cc1cc(C)n2ncc(CN3CCCCC3c3ccn[nH]3)c2n1. The zero-order chi connectivity index (χ0) is 15.8. The number of nitrogens with one attached hydrogen (secondary N) is 1. The number of aromatic amines is 1. The van der Waals surface area contributed by atoms with Crippen LogP contribution in [0.1, 0.15) is 47.9 Å². The lowest BCUT2D eigenvalue weighted by Gasteiger charge is -2.34. The summed E-state index contributed by atoms with van der Waals surface area (Å²) in [7, 11) is 0. The minimum Gasteiger partial charge on any atom is -0.290 e. The van der Waals surface area contributed by atoms with Gasteiger partial charge < -0.3 is 0 Å². The zero-order valence-electron chi connectivity index (χ0n) is 13.7. The third-order valence-corrected chi connectivity index (χ3v) is 4.72. The van der Waals surface area contributed by atoms with Crippen molar-refractivity contribution < 1.29 is 0 Å². The fourth-order valence-corrected chi connectivity index (χ4v) is 3.63. The van der Waals surface area contributed by atoms with Crippen molar-refractivity contribution in [3.8, 4) is 0 Å². The molecule has 3 aromatic rings. The Labute approximate surface area is 135 Å². The molecule has 6 heteroatoms. The maximum atomic E-state index is 4.70. The summed E-state index contributed by atoms with van der Waals surface area (Å²) in [6, 6.07) is 4.57. The van der Waals surface area contributed by atoms with Gasteiger partial charge in [0.25, 0.3) is 0 Å². The summed E-state index contributed by atoms with van der Waals surface area (Å²) >= 11 is 0. The van der Waals surface area contributed by atoms with E-state index in [9.17, 15) is 0 Å². The molecule has 4 rings (SSSR count). The second-order valence-electron chi connectivity index (χ2n) is 6.44. The Hall–Kier alpha value is -2.21. The Morgan fingerprint density at radius 1 is 1.30 bits per heavy atom. The van der Waals surface area contributed by atoms with Crippen molar-refractivity contribution in [2.24, 2.45) is 0 Å². The highest BCUT2D eigenvalue weighted by Gasteiger charge is 2.26. The second-order valence-corrected chi connectivity index (χ2v) is 6.44. The molecule has 0 spiro atoms. The smallest absolute Gasteiger partial charge is 0.159 e. The van der Waals surface area contributed by atoms with Crippen LogP contribution >= 0.6 is 0 Å². The lowest BCUT2D eigenvalue weighted by molar-refractivity contribution is 0.137. The largest absolute Gasteiger partial charge is 0.290 e. The topological polar surface area (TPSA) is 62.1 Å². The number of likely N-dealkylation sites (tertiary alicyclic amines) is 1. The third-order valence-electron chi connectivity index (χ3n) is 4.72. The van der Waals surface area contributed by atoms with E-state index in [1.54, 1.807) is 0 Å². The number of aromatic nitrogens is 5. The fraction of sp³-hybridized carbons (Fsp3) is 0.471. The van der Waals surface area contributed by atoms with Crippen molar-refractivity contribution in [2.75, 3.05) is 6.54 Å². The standard InChI is InChI=1S/C17H22N6/c1-12-9-13(2)23-17(20-12)14(10-19-23)11-22-8-4-3-5-16(22)15-6-7-18-21-15/h6-7,9-10,16H,3-5,8,11H2,1-2H3,(H,18,21). The monoisotopic (exact) mass is 310 g/mol. The average molecular weight is 310 g/mol. The van der Waals surface area contributed by atoms with Gasteiger partial charge in [0.05, 0.1) is 17.9 Å². The van der Waals surface area contributed by atoms with Crippen molar-refractivity contribution in [3.63, 3.8) is 0 Å². The lowest BCUT2D eigenvalue weighted by atomic mass is 9.99. The molecule has 1 fully saturated rings. The molecule has 1 aliphatic heterocycles. The van der Waals surface area contributed by atoms with E-state index in [0.717, 1.165) is 30.1 Å². The number of fused-ring (bicyclic) bond motifs is 1. The van der Waals surface area contributed by atoms with Gasteiger partial charge in [0, 0.05) is 29.7 Å². The van der Waals surface area contributed by atoms with Gasteiger partial charge >= 0.3 is 0 Å². The van der Waals surface area contributed by atoms with Crippen molar-refractivity contribution in [2.45, 2.75) is 45.7 Å². The van der Waals surface area contributed by atoms with Gasteiger partial charge in [-0.1, -0.05) is 6.42 Å². The van der Waals surface area contributed by atoms with E-state index >= 15 is 0 Å². The second kappa shape index (κ2) is 5.77. The molecule has 3 aromatic heterocycles. The Bertz CT molecular complexity index is 804. The first-order chi connectivity index (χ1) is 11.2. The van der Waals surface area contributed by atoms with E-state index in [2.05, 4.69) is 39.3 Å². The maximum absolute atomic E-state index is 4.70. The van der Waals surface area contributed by atoms with Crippen LogP contribution in [0.3, 0.4) is 0 Å². The van der Waals surface area contributed by atoms with Crippen molar-refractivity contribution >= 4 is 5.65 Å². The normalized spacial score (nSPS) is 19.5. The zero-order valence-corrected chi connectivity index (χ0v) is 13.7. The number of H-pyrrole nitrogens is 1. The summed E-state index contributed by atoms with van der Waals surface area (Å²) < 4.78 is 1.94. The Morgan fingerprint density at radius 3 is 3.04 bits per heavy atom. The Balaban J connectivity index is 1.66. The first kappa shape index (κ1) is 14.4. The van der Waals surface area contributed by atoms with Crippen molar-refractivity contribution in [3.05, 3.63) is 47.2 Å². The van der Waals surface area contributed by atoms with Gasteiger partial charge in [-0.3, -0.25) is 10.00 Å². The molecular weight excluding hydrogens is 288 g/mol. The molecule has 6 nitrogen and oxygen atoms in total. The number of rotatable bonds is 3. The summed E-state index contributed by atoms with van der Waals surface area (Å²) in [6.45, 7) is 6.10. The Kier molecular flexibility index (Phi) is 3.61. The Morgan fingerprint density at radius 2 is 2.22 bits per heavy atom. The molecule has 1 unspecified atom stereocenters. The lowest BCUT2D eigenvalue weighted by Crippen LogP contribution is -2.33. The van der Waals surface area contributed by atoms with Gasteiger partial charge in [-0.25, -0.2) is 9.50 Å². The molecule has 1 aliphatic rings. The molecule has 1 saturated heterocycles. The van der Waals surface area contributed by atoms with Crippen LogP contribution in [0, 0.1) is 13.8 Å². The summed E-state index contributed by atoms with van der Waals surface area (Å²) in [5.74, 6) is 0. The molecule has 1 atom stereocenters. The number of piperidine rings is 1. The molecule has 120 valence electrons. The van der Waals surface area contributed by atoms with Crippen LogP contribution in [0.2, 0.25) is 0 Å². The van der Waals surface area contributed by atoms with Crippen LogP contribution in [-0.2, 0) is 6.54 Å². The highest BCUT2D eigenvalue weighted by atomic mass is 15.3. The molecule has 0 bridgehead atoms. The van der Waals surface area contributed by atoms with Crippen LogP contribution in [0.5, 0.6) is 0 Å². The quantitative estimate of drug-likeness (QED) is 0.808. The average Bonchev–Trinajstić information content (AvgIpc) is 3.18. The minimum atomic E-state index is 0.409. The summed E-state index contributed by atoms with van der Waals surface area (Å²) in [5.41, 5.74) is 5.56. The van der Waals surface area contributed by atoms with Crippen LogP contribution in [0.4, 0.5) is 0 Å². The molecule has 1 N–H and O–H groups in total. The van der Waals surface area contributed by atoms with Crippen LogP contribution in [0.25, 0.3) is 5.65 Å². The highest BCUT2D eigenvalue weighted by molar-refractivity contribution is 5.48. The molecule has 0 aromatic carbocycles. The molecule has 23 heavy (non-hydrogen) atoms. The number of hydrogen-bond acceptors (Lipinski definition) is 4. The van der Waals surface area contributed by atoms with Crippen LogP contribution in [0.15, 0.2) is 24.5 Å². The summed E-state index contributed by atoms with van der Waals surface area (Å²) in [4.78, 5) is 7.22. The first-order valence-corrected chi connectivity index (χ1v) is 8.26. The van der Waals surface area contributed by atoms with Gasteiger partial charge in [-0.05, 0) is 45.4 Å². The van der Waals surface area contributed by atoms with E-state index in [1.165, 1.54) is 30.5 Å². The molecular formula is C17H22N6. The fourth-order valence-electron chi connectivity index (χ4n) is 3.63. The molecule has 0 amide bonds. The van der Waals surface area contributed by atoms with Gasteiger partial charge in [-0.2, -0.15) is 10.2 Å². The minimum absolute atomic E-state index is 0.409. The van der Waals surface area contributed by atoms with Gasteiger partial charge in [-0.15, -0.1) is 0 Å².